The summed E-state index contributed by atoms with van der Waals surface area (Å²) < 4.78 is 74.9. The van der Waals surface area contributed by atoms with Crippen LogP contribution in [-0.2, 0) is 95.5 Å². The number of carboxylic acids is 4. The van der Waals surface area contributed by atoms with Gasteiger partial charge >= 0.3 is 23.9 Å². The molecule has 4 aromatic carbocycles. The fraction of sp³-hybridized carbons (Fsp3) is 0.477. The highest BCUT2D eigenvalue weighted by Gasteiger charge is 2.35. The molecule has 0 saturated carbocycles. The van der Waals surface area contributed by atoms with Crippen molar-refractivity contribution in [1.82, 2.24) is 102 Å². The molecule has 49 heteroatoms. The maximum Gasteiger partial charge on any atom is 0.323 e. The van der Waals surface area contributed by atoms with Gasteiger partial charge in [0.25, 0.3) is 11.8 Å². The zero-order valence-electron chi connectivity index (χ0n) is 77.0. The number of aromatic amines is 2. The van der Waals surface area contributed by atoms with Crippen molar-refractivity contribution in [3.05, 3.63) is 131 Å². The third-order valence-electron chi connectivity index (χ3n) is 20.8. The predicted molar refractivity (Wildman–Crippen MR) is 495 cm³/mol. The number of H-pyrrole nitrogens is 2. The Kier molecular flexibility index (Phi) is 42.0. The van der Waals surface area contributed by atoms with Crippen molar-refractivity contribution in [2.24, 2.45) is 0 Å². The number of hydrogen-bond donors (Lipinski definition) is 19. The summed E-state index contributed by atoms with van der Waals surface area (Å²) in [7, 11) is -9.07. The van der Waals surface area contributed by atoms with Crippen molar-refractivity contribution in [2.75, 3.05) is 82.8 Å². The van der Waals surface area contributed by atoms with Gasteiger partial charge in [-0.05, 0) is 189 Å². The highest BCUT2D eigenvalue weighted by Crippen LogP contribution is 2.29. The molecule has 0 fully saturated rings. The van der Waals surface area contributed by atoms with E-state index >= 15 is 0 Å². The number of hydroxylamine groups is 2. The number of ether oxygens (including phenoxy) is 2. The van der Waals surface area contributed by atoms with Gasteiger partial charge in [0.1, 0.15) is 41.7 Å². The van der Waals surface area contributed by atoms with Crippen molar-refractivity contribution in [3.63, 3.8) is 0 Å². The first-order valence-electron chi connectivity index (χ1n) is 44.4. The summed E-state index contributed by atoms with van der Waals surface area (Å²) in [6.45, 7) is 11.7. The third kappa shape index (κ3) is 36.2. The molecule has 8 aromatic rings. The molecule has 137 heavy (non-hydrogen) atoms. The average molecular weight is 1950 g/mol. The number of aromatic nitrogens is 8. The van der Waals surface area contributed by atoms with Crippen molar-refractivity contribution in [1.29, 1.82) is 0 Å². The van der Waals surface area contributed by atoms with Crippen molar-refractivity contribution < 1.29 is 119 Å². The number of carbonyl (C=O) groups is 14. The minimum Gasteiger partial charge on any atom is -0.494 e. The number of carboxylic acid groups (broad SMARTS) is 4. The van der Waals surface area contributed by atoms with E-state index in [2.05, 4.69) is 98.1 Å². The number of nitrogens with one attached hydrogen (secondary N) is 15. The lowest BCUT2D eigenvalue weighted by Gasteiger charge is -2.26. The molecule has 0 spiro atoms. The van der Waals surface area contributed by atoms with E-state index < -0.39 is 185 Å². The number of imidazole rings is 2. The van der Waals surface area contributed by atoms with Crippen molar-refractivity contribution in [3.8, 4) is 11.5 Å². The lowest BCUT2D eigenvalue weighted by Crippen LogP contribution is -2.57. The zero-order chi connectivity index (χ0) is 99.9. The Hall–Kier alpha value is -14.2. The molecule has 0 aliphatic carbocycles. The van der Waals surface area contributed by atoms with Gasteiger partial charge in [0.2, 0.25) is 67.8 Å². The van der Waals surface area contributed by atoms with Crippen LogP contribution in [0.4, 0.5) is 11.9 Å². The number of hydrogen-bond acceptors (Lipinski definition) is 27. The summed E-state index contributed by atoms with van der Waals surface area (Å²) >= 11 is 0. The molecule has 4 aromatic heterocycles. The van der Waals surface area contributed by atoms with Gasteiger partial charge in [0.05, 0.1) is 52.0 Å². The molecule has 19 N–H and O–H groups in total. The SMILES string of the molecule is Cc1cc(OCCCC(=O)NCCNC(=O)CCC(NC(=O)[C@H](CCC(=O)O)NC(=O)[C@H](CCC(=O)O)NC(=O)CCCCCN(C=O)OC(C)(C)C)C(=O)NCCNC(=O)CCCOc2cc(C)c(S(=O)(=O)N[C@@H](CNC(=O)c3ccc4c(cnn4CCCNc4ncc[nH]4)c3)C(=O)O)c(C)c2)cc(C)c1S(=O)(=O)N[C@@H](CNC(=O)c1ccc2c(cnn2CCCNc2ncc[nH]2)c1)C(=O)O. The Bertz CT molecular complexity index is 5700. The molecule has 0 bridgehead atoms. The van der Waals surface area contributed by atoms with Crippen LogP contribution in [-0.4, -0.2) is 273 Å². The minimum atomic E-state index is -4.55. The van der Waals surface area contributed by atoms with E-state index in [-0.39, 0.29) is 139 Å². The van der Waals surface area contributed by atoms with Crippen molar-refractivity contribution in [2.45, 2.75) is 210 Å². The topological polar surface area (TPSA) is 668 Å². The van der Waals surface area contributed by atoms with Crippen LogP contribution in [0.25, 0.3) is 21.8 Å². The van der Waals surface area contributed by atoms with Crippen LogP contribution in [0, 0.1) is 27.7 Å². The number of aryl methyl sites for hydroxylation is 6. The standard InChI is InChI=1S/C88H120N22O25S2/c1-54-43-62(44-55(2)77(54)136(129,130)106-67(84(125)126)51-99-79(120)58-18-23-69-60(47-58)49-101-109(69)39-13-28-93-86-95-34-35-96-86)133-41-11-16-71(112)89-30-31-91-73(114)25-20-64(104-83(124)66(22-27-76(118)119)105-82(123)65(21-26-75(116)117)103-74(115)15-9-8-10-38-108(53-111)135-88(5,6)7)81(122)92-33-32-90-72(113)17-12-42-134-63-45-56(3)78(57(4)46-63)137(131,132)107-68(85(127)128)52-100-80(121)59-19-24-70-61(48-59)50-102-110(70)40-14-29-94-87-97-36-37-98-87/h18-19,23-24,34-37,43-50,53,64-68,106-107H,8-17,20-22,25-33,38-42,51-52H2,1-7H3,(H,89,112)(H,90,113)(H,91,114)(H,92,122)(H,99,120)(H,100,121)(H,103,115)(H,104,124)(H,105,123)(H,116,117)(H,118,119)(H,125,126)(H,127,128)(H2,93,95,96)(H2,94,97,98)/t64?,65-,66-,67-,68-/m0/s1. The number of amides is 10. The first-order chi connectivity index (χ1) is 65.1. The molecule has 0 aliphatic heterocycles. The second-order valence-electron chi connectivity index (χ2n) is 33.1. The van der Waals surface area contributed by atoms with E-state index in [4.69, 9.17) is 14.3 Å². The number of fused-ring (bicyclic) bond motifs is 2. The number of sulfonamides is 2. The first kappa shape index (κ1) is 108. The first-order valence-corrected chi connectivity index (χ1v) is 47.4. The molecule has 0 radical (unpaired) electrons. The summed E-state index contributed by atoms with van der Waals surface area (Å²) in [5, 5.41) is 79.8. The van der Waals surface area contributed by atoms with Gasteiger partial charge in [0.15, 0.2) is 11.9 Å². The van der Waals surface area contributed by atoms with Gasteiger partial charge in [-0.1, -0.05) is 6.42 Å². The molecule has 0 aliphatic rings. The molecule has 744 valence electrons. The number of nitrogens with zero attached hydrogens (tertiary/aromatic N) is 7. The van der Waals surface area contributed by atoms with E-state index in [1.165, 1.54) is 52.0 Å². The molecule has 4 heterocycles. The van der Waals surface area contributed by atoms with Gasteiger partial charge < -0.3 is 98.4 Å². The summed E-state index contributed by atoms with van der Waals surface area (Å²) in [5.74, 6) is -10.9. The number of anilines is 2. The number of aliphatic carboxylic acids is 4. The second-order valence-corrected chi connectivity index (χ2v) is 36.4. The van der Waals surface area contributed by atoms with Gasteiger partial charge in [-0.3, -0.25) is 81.3 Å². The van der Waals surface area contributed by atoms with Gasteiger partial charge in [-0.15, -0.1) is 0 Å². The summed E-state index contributed by atoms with van der Waals surface area (Å²) in [5.41, 5.74) is 1.95. The van der Waals surface area contributed by atoms with Crippen LogP contribution in [0.3, 0.4) is 0 Å². The fourth-order valence-corrected chi connectivity index (χ4v) is 17.6. The van der Waals surface area contributed by atoms with E-state index in [9.17, 15) is 104 Å². The van der Waals surface area contributed by atoms with Gasteiger partial charge in [-0.2, -0.15) is 19.6 Å². The van der Waals surface area contributed by atoms with Crippen LogP contribution in [0.15, 0.2) is 108 Å². The van der Waals surface area contributed by atoms with E-state index in [1.54, 1.807) is 104 Å². The van der Waals surface area contributed by atoms with Gasteiger partial charge in [0, 0.05) is 157 Å². The second kappa shape index (κ2) is 53.2. The molecule has 0 saturated heterocycles. The highest BCUT2D eigenvalue weighted by molar-refractivity contribution is 7.90. The maximum atomic E-state index is 14.3. The smallest absolute Gasteiger partial charge is 0.323 e. The minimum absolute atomic E-state index is 0.0242. The Morgan fingerprint density at radius 1 is 0.460 bits per heavy atom. The zero-order valence-corrected chi connectivity index (χ0v) is 78.6. The van der Waals surface area contributed by atoms with Crippen LogP contribution in [0.2, 0.25) is 0 Å². The van der Waals surface area contributed by atoms with Crippen LogP contribution in [0.1, 0.15) is 166 Å². The number of benzene rings is 4. The molecule has 10 amide bonds. The number of rotatable bonds is 63. The quantitative estimate of drug-likeness (QED) is 0.0148. The molecule has 8 rings (SSSR count). The summed E-state index contributed by atoms with van der Waals surface area (Å²) in [6.07, 6.45) is 9.48. The lowest BCUT2D eigenvalue weighted by atomic mass is 10.1. The van der Waals surface area contributed by atoms with Crippen LogP contribution in [0.5, 0.6) is 11.5 Å². The molecular formula is C88H120N22O25S2. The average Bonchev–Trinajstić information content (AvgIpc) is 1.08. The molecular weight excluding hydrogens is 1830 g/mol. The van der Waals surface area contributed by atoms with E-state index in [0.717, 1.165) is 16.1 Å². The lowest BCUT2D eigenvalue weighted by molar-refractivity contribution is -0.216. The Labute approximate surface area is 789 Å². The van der Waals surface area contributed by atoms with Crippen LogP contribution < -0.4 is 77.4 Å². The number of carbonyl (C=O) groups excluding carboxylic acids is 10. The number of unbranched alkanes of at least 4 members (excludes halogenated alkanes) is 2. The summed E-state index contributed by atoms with van der Waals surface area (Å²) in [4.78, 5) is 201. The van der Waals surface area contributed by atoms with E-state index in [0.29, 0.717) is 80.9 Å². The van der Waals surface area contributed by atoms with Crippen LogP contribution >= 0.6 is 0 Å². The van der Waals surface area contributed by atoms with E-state index in [1.807, 2.05) is 0 Å². The Morgan fingerprint density at radius 2 is 0.861 bits per heavy atom. The third-order valence-corrected chi connectivity index (χ3v) is 24.4. The van der Waals surface area contributed by atoms with Gasteiger partial charge in [-0.25, -0.2) is 31.9 Å². The Balaban J connectivity index is 0.800. The predicted octanol–water partition coefficient (Wildman–Crippen LogP) is 2.59. The highest BCUT2D eigenvalue weighted by atomic mass is 32.2. The molecule has 1 unspecified atom stereocenters. The fourth-order valence-electron chi connectivity index (χ4n) is 14.3. The largest absolute Gasteiger partial charge is 0.494 e. The molecule has 47 nitrogen and oxygen atoms in total. The maximum absolute atomic E-state index is 14.3. The Morgan fingerprint density at radius 3 is 1.26 bits per heavy atom. The van der Waals surface area contributed by atoms with Crippen molar-refractivity contribution >= 4 is 137 Å². The normalized spacial score (nSPS) is 12.6. The molecule has 5 atom stereocenters. The summed E-state index contributed by atoms with van der Waals surface area (Å²) in [6, 6.07) is 6.82. The monoisotopic (exact) mass is 1950 g/mol.